The fraction of sp³-hybridized carbons (Fsp3) is 0.545. The lowest BCUT2D eigenvalue weighted by molar-refractivity contribution is 0.0533. The number of thiophene rings is 1. The second-order valence-electron chi connectivity index (χ2n) is 3.19. The molecule has 0 aliphatic heterocycles. The molecule has 0 aliphatic rings. The largest absolute Gasteiger partial charge is 0.462 e. The Kier molecular flexibility index (Phi) is 6.46. The van der Waals surface area contributed by atoms with Gasteiger partial charge < -0.3 is 13.8 Å². The van der Waals surface area contributed by atoms with Crippen molar-refractivity contribution in [3.63, 3.8) is 0 Å². The van der Waals surface area contributed by atoms with Crippen molar-refractivity contribution in [3.05, 3.63) is 16.3 Å². The first kappa shape index (κ1) is 15.8. The van der Waals surface area contributed by atoms with Crippen molar-refractivity contribution in [2.75, 3.05) is 19.8 Å². The van der Waals surface area contributed by atoms with Gasteiger partial charge in [0.1, 0.15) is 4.88 Å². The number of ether oxygens (including phenoxy) is 1. The van der Waals surface area contributed by atoms with Crippen molar-refractivity contribution >= 4 is 40.9 Å². The van der Waals surface area contributed by atoms with Gasteiger partial charge in [-0.25, -0.2) is 4.79 Å². The monoisotopic (exact) mass is 308 g/mol. The van der Waals surface area contributed by atoms with E-state index in [4.69, 9.17) is 25.6 Å². The summed E-state index contributed by atoms with van der Waals surface area (Å²) in [6.45, 7) is 4.13. The molecule has 1 heterocycles. The topological polar surface area (TPSA) is 44.8 Å². The third-order valence-corrected chi connectivity index (χ3v) is 6.43. The van der Waals surface area contributed by atoms with Crippen LogP contribution >= 0.6 is 17.8 Å². The van der Waals surface area contributed by atoms with Crippen molar-refractivity contribution in [2.24, 2.45) is 0 Å². The molecule has 0 amide bonds. The Labute approximate surface area is 116 Å². The van der Waals surface area contributed by atoms with Crippen molar-refractivity contribution in [2.45, 2.75) is 20.8 Å². The van der Waals surface area contributed by atoms with Crippen molar-refractivity contribution in [3.8, 4) is 0 Å². The van der Waals surface area contributed by atoms with Gasteiger partial charge in [-0.1, -0.05) is 0 Å². The summed E-state index contributed by atoms with van der Waals surface area (Å²) in [6, 6.07) is 1.79. The van der Waals surface area contributed by atoms with Gasteiger partial charge in [-0.2, -0.15) is 0 Å². The summed E-state index contributed by atoms with van der Waals surface area (Å²) in [5.41, 5.74) is 0. The molecule has 1 aromatic heterocycles. The Morgan fingerprint density at radius 2 is 1.89 bits per heavy atom. The highest BCUT2D eigenvalue weighted by molar-refractivity contribution is 8.13. The third kappa shape index (κ3) is 3.62. The van der Waals surface area contributed by atoms with Gasteiger partial charge in [-0.3, -0.25) is 0 Å². The lowest BCUT2D eigenvalue weighted by Gasteiger charge is -2.21. The lowest BCUT2D eigenvalue weighted by atomic mass is 10.5. The van der Waals surface area contributed by atoms with Gasteiger partial charge in [0.2, 0.25) is 6.49 Å². The van der Waals surface area contributed by atoms with Gasteiger partial charge in [0.25, 0.3) is 0 Å². The van der Waals surface area contributed by atoms with E-state index in [2.05, 4.69) is 0 Å². The number of hydrogen-bond acceptors (Lipinski definition) is 6. The fourth-order valence-corrected chi connectivity index (χ4v) is 5.58. The normalized spacial score (nSPS) is 11.5. The average molecular weight is 308 g/mol. The summed E-state index contributed by atoms with van der Waals surface area (Å²) in [7, 11) is 0. The van der Waals surface area contributed by atoms with Gasteiger partial charge in [0.05, 0.1) is 25.1 Å². The van der Waals surface area contributed by atoms with Crippen LogP contribution < -0.4 is 5.30 Å². The number of rotatable bonds is 7. The Balaban J connectivity index is 3.10. The van der Waals surface area contributed by atoms with E-state index in [9.17, 15) is 4.79 Å². The maximum atomic E-state index is 11.8. The minimum absolute atomic E-state index is 0.336. The highest BCUT2D eigenvalue weighted by atomic mass is 32.5. The molecule has 0 aliphatic carbocycles. The molecule has 0 N–H and O–H groups in total. The molecule has 18 heavy (non-hydrogen) atoms. The first-order valence-corrected chi connectivity index (χ1v) is 9.25. The smallest absolute Gasteiger partial charge is 0.349 e. The Morgan fingerprint density at radius 3 is 2.39 bits per heavy atom. The van der Waals surface area contributed by atoms with Crippen LogP contribution in [-0.4, -0.2) is 25.8 Å². The molecule has 4 nitrogen and oxygen atoms in total. The number of hydrogen-bond donors (Lipinski definition) is 0. The SMILES string of the molecule is CCOC(=O)c1sccc1P(=S)(OCC)OCC. The van der Waals surface area contributed by atoms with Crippen LogP contribution in [0.1, 0.15) is 30.4 Å². The van der Waals surface area contributed by atoms with Crippen LogP contribution in [0.15, 0.2) is 11.4 Å². The van der Waals surface area contributed by atoms with Crippen molar-refractivity contribution in [1.29, 1.82) is 0 Å². The van der Waals surface area contributed by atoms with Crippen molar-refractivity contribution < 1.29 is 18.6 Å². The quantitative estimate of drug-likeness (QED) is 0.572. The lowest BCUT2D eigenvalue weighted by Crippen LogP contribution is -2.17. The first-order chi connectivity index (χ1) is 8.59. The molecular formula is C11H17O4PS2. The Hall–Kier alpha value is -0.260. The summed E-state index contributed by atoms with van der Waals surface area (Å²) < 4.78 is 16.2. The van der Waals surface area contributed by atoms with Gasteiger partial charge in [0.15, 0.2) is 0 Å². The van der Waals surface area contributed by atoms with Gasteiger partial charge in [-0.05, 0) is 44.0 Å². The molecule has 102 valence electrons. The van der Waals surface area contributed by atoms with E-state index in [1.807, 2.05) is 13.8 Å². The second kappa shape index (κ2) is 7.36. The van der Waals surface area contributed by atoms with E-state index in [0.717, 1.165) is 0 Å². The van der Waals surface area contributed by atoms with E-state index in [0.29, 0.717) is 30.0 Å². The summed E-state index contributed by atoms with van der Waals surface area (Å²) in [4.78, 5) is 12.3. The standard InChI is InChI=1S/C11H17O4PS2/c1-4-13-11(12)10-9(7-8-18-10)16(17,14-5-2)15-6-3/h7-8H,4-6H2,1-3H3. The Bertz CT molecular complexity index is 434. The maximum absolute atomic E-state index is 11.8. The van der Waals surface area contributed by atoms with Gasteiger partial charge >= 0.3 is 5.97 Å². The minimum Gasteiger partial charge on any atom is -0.462 e. The highest BCUT2D eigenvalue weighted by Crippen LogP contribution is 2.49. The predicted octanol–water partition coefficient (Wildman–Crippen LogP) is 2.93. The van der Waals surface area contributed by atoms with Crippen LogP contribution in [0.25, 0.3) is 0 Å². The number of carbonyl (C=O) groups is 1. The number of esters is 1. The van der Waals surface area contributed by atoms with Crippen LogP contribution in [0, 0.1) is 0 Å². The summed E-state index contributed by atoms with van der Waals surface area (Å²) >= 11 is 6.78. The van der Waals surface area contributed by atoms with Crippen LogP contribution in [-0.2, 0) is 25.6 Å². The second-order valence-corrected chi connectivity index (χ2v) is 7.54. The molecule has 0 spiro atoms. The van der Waals surface area contributed by atoms with Crippen molar-refractivity contribution in [1.82, 2.24) is 0 Å². The van der Waals surface area contributed by atoms with E-state index < -0.39 is 6.49 Å². The zero-order chi connectivity index (χ0) is 13.6. The minimum atomic E-state index is -2.60. The van der Waals surface area contributed by atoms with Gasteiger partial charge in [-0.15, -0.1) is 11.3 Å². The zero-order valence-corrected chi connectivity index (χ0v) is 13.2. The molecule has 0 aromatic carbocycles. The summed E-state index contributed by atoms with van der Waals surface area (Å²) in [5.74, 6) is -0.365. The summed E-state index contributed by atoms with van der Waals surface area (Å²) in [6.07, 6.45) is 0. The average Bonchev–Trinajstić information content (AvgIpc) is 2.79. The van der Waals surface area contributed by atoms with Gasteiger partial charge in [0, 0.05) is 0 Å². The number of carbonyl (C=O) groups excluding carboxylic acids is 1. The molecule has 0 radical (unpaired) electrons. The first-order valence-electron chi connectivity index (χ1n) is 5.73. The van der Waals surface area contributed by atoms with Crippen LogP contribution in [0.5, 0.6) is 0 Å². The molecule has 7 heteroatoms. The molecule has 0 saturated carbocycles. The van der Waals surface area contributed by atoms with E-state index in [-0.39, 0.29) is 5.97 Å². The van der Waals surface area contributed by atoms with E-state index >= 15 is 0 Å². The van der Waals surface area contributed by atoms with Crippen LogP contribution in [0.2, 0.25) is 0 Å². The molecule has 0 atom stereocenters. The fourth-order valence-electron chi connectivity index (χ4n) is 1.38. The van der Waals surface area contributed by atoms with Crippen LogP contribution in [0.4, 0.5) is 0 Å². The molecule has 0 fully saturated rings. The molecule has 0 saturated heterocycles. The predicted molar refractivity (Wildman–Crippen MR) is 77.4 cm³/mol. The van der Waals surface area contributed by atoms with E-state index in [1.54, 1.807) is 18.4 Å². The van der Waals surface area contributed by atoms with Crippen LogP contribution in [0.3, 0.4) is 0 Å². The summed E-state index contributed by atoms with van der Waals surface area (Å²) in [5, 5.41) is 2.46. The highest BCUT2D eigenvalue weighted by Gasteiger charge is 2.28. The zero-order valence-electron chi connectivity index (χ0n) is 10.7. The molecule has 0 bridgehead atoms. The third-order valence-electron chi connectivity index (χ3n) is 2.00. The van der Waals surface area contributed by atoms with E-state index in [1.165, 1.54) is 11.3 Å². The molecule has 1 aromatic rings. The molecule has 0 unspecified atom stereocenters. The molecular weight excluding hydrogens is 291 g/mol. The maximum Gasteiger partial charge on any atom is 0.349 e. The molecule has 1 rings (SSSR count). The Morgan fingerprint density at radius 1 is 1.28 bits per heavy atom.